The number of aromatic nitrogens is 3. The molecule has 2 atom stereocenters. The lowest BCUT2D eigenvalue weighted by molar-refractivity contribution is 0.0764. The summed E-state index contributed by atoms with van der Waals surface area (Å²) in [5.41, 5.74) is 2.56. The third-order valence-corrected chi connectivity index (χ3v) is 4.05. The summed E-state index contributed by atoms with van der Waals surface area (Å²) >= 11 is 0. The Hall–Kier alpha value is -2.72. The number of H-pyrrole nitrogens is 1. The quantitative estimate of drug-likeness (QED) is 0.866. The molecule has 1 saturated heterocycles. The van der Waals surface area contributed by atoms with Crippen LogP contribution in [0.1, 0.15) is 27.4 Å². The second-order valence-corrected chi connectivity index (χ2v) is 5.83. The predicted octanol–water partition coefficient (Wildman–Crippen LogP) is 0.660. The number of nitriles is 1. The zero-order chi connectivity index (χ0) is 16.4. The van der Waals surface area contributed by atoms with Gasteiger partial charge in [-0.05, 0) is 31.5 Å². The number of aromatic amines is 1. The molecule has 1 fully saturated rings. The second kappa shape index (κ2) is 6.18. The number of carbonyl (C=O) groups excluding carboxylic acids is 1. The average Bonchev–Trinajstić information content (AvgIpc) is 3.13. The number of carbonyl (C=O) groups is 1. The number of nitrogens with zero attached hydrogens (tertiary/aromatic N) is 4. The highest BCUT2D eigenvalue weighted by Crippen LogP contribution is 2.22. The van der Waals surface area contributed by atoms with Crippen molar-refractivity contribution < 1.29 is 9.90 Å². The molecule has 2 aromatic rings. The van der Waals surface area contributed by atoms with Crippen LogP contribution in [0.4, 0.5) is 0 Å². The summed E-state index contributed by atoms with van der Waals surface area (Å²) in [6.07, 6.45) is 1.46. The smallest absolute Gasteiger partial charge is 0.255 e. The third-order valence-electron chi connectivity index (χ3n) is 4.05. The van der Waals surface area contributed by atoms with Gasteiger partial charge >= 0.3 is 0 Å². The van der Waals surface area contributed by atoms with Gasteiger partial charge in [0.25, 0.3) is 5.91 Å². The highest BCUT2D eigenvalue weighted by Gasteiger charge is 2.34. The van der Waals surface area contributed by atoms with Crippen LogP contribution in [-0.2, 0) is 6.42 Å². The molecule has 0 aliphatic carbocycles. The molecule has 118 valence electrons. The van der Waals surface area contributed by atoms with Gasteiger partial charge in [0.05, 0.1) is 17.4 Å². The summed E-state index contributed by atoms with van der Waals surface area (Å²) in [6, 6.07) is 6.97. The summed E-state index contributed by atoms with van der Waals surface area (Å²) in [4.78, 5) is 18.0. The van der Waals surface area contributed by atoms with Gasteiger partial charge in [-0.1, -0.05) is 0 Å². The lowest BCUT2D eigenvalue weighted by atomic mass is 10.0. The second-order valence-electron chi connectivity index (χ2n) is 5.83. The van der Waals surface area contributed by atoms with Crippen molar-refractivity contribution in [2.75, 3.05) is 13.1 Å². The number of pyridine rings is 1. The van der Waals surface area contributed by atoms with E-state index in [1.165, 1.54) is 12.3 Å². The maximum absolute atomic E-state index is 12.5. The van der Waals surface area contributed by atoms with E-state index in [9.17, 15) is 9.90 Å². The number of aryl methyl sites for hydroxylation is 1. The first-order chi connectivity index (χ1) is 11.1. The van der Waals surface area contributed by atoms with E-state index in [0.29, 0.717) is 25.1 Å². The molecule has 3 rings (SSSR count). The molecule has 1 aliphatic rings. The molecule has 1 aliphatic heterocycles. The molecule has 7 heteroatoms. The van der Waals surface area contributed by atoms with Crippen molar-refractivity contribution in [3.63, 3.8) is 0 Å². The van der Waals surface area contributed by atoms with Crippen LogP contribution in [0.25, 0.3) is 0 Å². The van der Waals surface area contributed by atoms with E-state index in [1.807, 2.05) is 19.1 Å². The van der Waals surface area contributed by atoms with Crippen molar-refractivity contribution in [2.24, 2.45) is 5.92 Å². The summed E-state index contributed by atoms with van der Waals surface area (Å²) in [5.74, 6) is -0.213. The molecule has 7 nitrogen and oxygen atoms in total. The predicted molar refractivity (Wildman–Crippen MR) is 81.4 cm³/mol. The van der Waals surface area contributed by atoms with Crippen LogP contribution in [-0.4, -0.2) is 50.3 Å². The summed E-state index contributed by atoms with van der Waals surface area (Å²) < 4.78 is 0. The number of aliphatic hydroxyl groups excluding tert-OH is 1. The van der Waals surface area contributed by atoms with E-state index in [-0.39, 0.29) is 17.5 Å². The van der Waals surface area contributed by atoms with Crippen LogP contribution in [0.15, 0.2) is 24.4 Å². The van der Waals surface area contributed by atoms with E-state index in [0.717, 1.165) is 11.4 Å². The largest absolute Gasteiger partial charge is 0.391 e. The van der Waals surface area contributed by atoms with Crippen molar-refractivity contribution in [3.05, 3.63) is 47.0 Å². The molecule has 1 amide bonds. The Morgan fingerprint density at radius 1 is 1.52 bits per heavy atom. The van der Waals surface area contributed by atoms with Crippen LogP contribution >= 0.6 is 0 Å². The van der Waals surface area contributed by atoms with Gasteiger partial charge < -0.3 is 10.0 Å². The number of nitrogens with one attached hydrogen (secondary N) is 1. The minimum atomic E-state index is -0.567. The van der Waals surface area contributed by atoms with Crippen LogP contribution < -0.4 is 0 Å². The molecular weight excluding hydrogens is 294 g/mol. The van der Waals surface area contributed by atoms with E-state index in [1.54, 1.807) is 11.0 Å². The number of hydrogen-bond donors (Lipinski definition) is 2. The maximum atomic E-state index is 12.5. The monoisotopic (exact) mass is 311 g/mol. The van der Waals surface area contributed by atoms with Crippen LogP contribution in [0.5, 0.6) is 0 Å². The summed E-state index contributed by atoms with van der Waals surface area (Å²) in [7, 11) is 0. The Morgan fingerprint density at radius 3 is 2.96 bits per heavy atom. The first kappa shape index (κ1) is 15.2. The standard InChI is InChI=1S/C16H17N5O2/c1-10-4-14(20-19-10)5-12-8-21(9-15(12)22)16(23)11-2-3-13(6-17)18-7-11/h2-4,7,12,15,22H,5,8-9H2,1H3,(H,19,20)/t12-,15+/m1/s1. The lowest BCUT2D eigenvalue weighted by Gasteiger charge is -2.15. The van der Waals surface area contributed by atoms with Crippen molar-refractivity contribution in [3.8, 4) is 6.07 Å². The Kier molecular flexibility index (Phi) is 4.08. The zero-order valence-electron chi connectivity index (χ0n) is 12.7. The van der Waals surface area contributed by atoms with Gasteiger partial charge in [0.1, 0.15) is 11.8 Å². The van der Waals surface area contributed by atoms with Gasteiger partial charge in [-0.25, -0.2) is 4.98 Å². The molecule has 2 aromatic heterocycles. The zero-order valence-corrected chi connectivity index (χ0v) is 12.7. The topological polar surface area (TPSA) is 106 Å². The molecule has 0 aromatic carbocycles. The molecule has 2 N–H and O–H groups in total. The van der Waals surface area contributed by atoms with Crippen molar-refractivity contribution in [1.82, 2.24) is 20.1 Å². The fourth-order valence-corrected chi connectivity index (χ4v) is 2.84. The molecule has 0 unspecified atom stereocenters. The van der Waals surface area contributed by atoms with E-state index < -0.39 is 6.10 Å². The van der Waals surface area contributed by atoms with Gasteiger partial charge in [0, 0.05) is 30.9 Å². The molecule has 0 radical (unpaired) electrons. The Labute approximate surface area is 133 Å². The molecule has 0 saturated carbocycles. The molecule has 0 spiro atoms. The number of rotatable bonds is 3. The Balaban J connectivity index is 1.67. The summed E-state index contributed by atoms with van der Waals surface area (Å²) in [6.45, 7) is 2.70. The van der Waals surface area contributed by atoms with E-state index >= 15 is 0 Å². The highest BCUT2D eigenvalue weighted by atomic mass is 16.3. The van der Waals surface area contributed by atoms with Gasteiger partial charge in [0.2, 0.25) is 0 Å². The highest BCUT2D eigenvalue weighted by molar-refractivity contribution is 5.94. The number of hydrogen-bond acceptors (Lipinski definition) is 5. The first-order valence-corrected chi connectivity index (χ1v) is 7.41. The SMILES string of the molecule is Cc1cc(C[C@@H]2CN(C(=O)c3ccc(C#N)nc3)C[C@@H]2O)n[nH]1. The Morgan fingerprint density at radius 2 is 2.35 bits per heavy atom. The van der Waals surface area contributed by atoms with Crippen LogP contribution in [0.3, 0.4) is 0 Å². The number of amides is 1. The van der Waals surface area contributed by atoms with Gasteiger partial charge in [-0.15, -0.1) is 0 Å². The van der Waals surface area contributed by atoms with Gasteiger partial charge in [-0.3, -0.25) is 9.89 Å². The normalized spacial score (nSPS) is 20.5. The van der Waals surface area contributed by atoms with Crippen LogP contribution in [0, 0.1) is 24.2 Å². The number of aliphatic hydroxyl groups is 1. The lowest BCUT2D eigenvalue weighted by Crippen LogP contribution is -2.29. The molecule has 0 bridgehead atoms. The van der Waals surface area contributed by atoms with Gasteiger partial charge in [0.15, 0.2) is 0 Å². The average molecular weight is 311 g/mol. The van der Waals surface area contributed by atoms with E-state index in [2.05, 4.69) is 15.2 Å². The number of β-amino-alcohol motifs (C(OH)–C–C–N with tert-alkyl or cyclic N) is 1. The Bertz CT molecular complexity index is 747. The van der Waals surface area contributed by atoms with Crippen LogP contribution in [0.2, 0.25) is 0 Å². The fourth-order valence-electron chi connectivity index (χ4n) is 2.84. The molecule has 23 heavy (non-hydrogen) atoms. The minimum Gasteiger partial charge on any atom is -0.391 e. The van der Waals surface area contributed by atoms with Gasteiger partial charge in [-0.2, -0.15) is 10.4 Å². The minimum absolute atomic E-state index is 0.0343. The first-order valence-electron chi connectivity index (χ1n) is 7.41. The number of likely N-dealkylation sites (tertiary alicyclic amines) is 1. The molecule has 3 heterocycles. The van der Waals surface area contributed by atoms with Crippen molar-refractivity contribution >= 4 is 5.91 Å². The van der Waals surface area contributed by atoms with Crippen molar-refractivity contribution in [2.45, 2.75) is 19.4 Å². The van der Waals surface area contributed by atoms with E-state index in [4.69, 9.17) is 5.26 Å². The summed E-state index contributed by atoms with van der Waals surface area (Å²) in [5, 5.41) is 26.0. The maximum Gasteiger partial charge on any atom is 0.255 e. The molecular formula is C16H17N5O2. The van der Waals surface area contributed by atoms with Crippen molar-refractivity contribution in [1.29, 1.82) is 5.26 Å². The third kappa shape index (κ3) is 3.22. The fraction of sp³-hybridized carbons (Fsp3) is 0.375.